The predicted molar refractivity (Wildman–Crippen MR) is 70.4 cm³/mol. The van der Waals surface area contributed by atoms with Gasteiger partial charge < -0.3 is 9.84 Å². The maximum absolute atomic E-state index is 11.0. The first kappa shape index (κ1) is 16.9. The van der Waals surface area contributed by atoms with Gasteiger partial charge in [-0.1, -0.05) is 32.6 Å². The fourth-order valence-corrected chi connectivity index (χ4v) is 1.93. The molecule has 0 aliphatic carbocycles. The number of ether oxygens (including phenoxy) is 1. The van der Waals surface area contributed by atoms with E-state index in [2.05, 4.69) is 0 Å². The SMILES string of the molecule is CCOC(=O)CCCCCCCC(CC)C(=O)O. The normalized spacial score (nSPS) is 12.1. The minimum absolute atomic E-state index is 0.116. The second-order valence-electron chi connectivity index (χ2n) is 4.55. The summed E-state index contributed by atoms with van der Waals surface area (Å²) < 4.78 is 4.84. The average molecular weight is 258 g/mol. The van der Waals surface area contributed by atoms with Crippen LogP contribution in [0.1, 0.15) is 65.2 Å². The van der Waals surface area contributed by atoms with Gasteiger partial charge in [-0.25, -0.2) is 0 Å². The Hall–Kier alpha value is -1.06. The summed E-state index contributed by atoms with van der Waals surface area (Å²) in [5, 5.41) is 8.87. The highest BCUT2D eigenvalue weighted by molar-refractivity contribution is 5.69. The Morgan fingerprint density at radius 3 is 2.22 bits per heavy atom. The standard InChI is InChI=1S/C14H26O4/c1-3-12(14(16)17)10-8-6-5-7-9-11-13(15)18-4-2/h12H,3-11H2,1-2H3,(H,16,17). The second-order valence-corrected chi connectivity index (χ2v) is 4.55. The van der Waals surface area contributed by atoms with Gasteiger partial charge in [0, 0.05) is 6.42 Å². The number of esters is 1. The molecule has 1 unspecified atom stereocenters. The fourth-order valence-electron chi connectivity index (χ4n) is 1.93. The number of carbonyl (C=O) groups is 2. The molecule has 0 fully saturated rings. The second kappa shape index (κ2) is 11.1. The number of unbranched alkanes of at least 4 members (excludes halogenated alkanes) is 4. The van der Waals surface area contributed by atoms with Crippen molar-refractivity contribution in [1.29, 1.82) is 0 Å². The molecule has 0 saturated carbocycles. The third-order valence-electron chi connectivity index (χ3n) is 3.08. The molecular formula is C14H26O4. The summed E-state index contributed by atoms with van der Waals surface area (Å²) in [6, 6.07) is 0. The quantitative estimate of drug-likeness (QED) is 0.456. The van der Waals surface area contributed by atoms with Crippen LogP contribution in [0.25, 0.3) is 0 Å². The molecule has 0 amide bonds. The van der Waals surface area contributed by atoms with Crippen LogP contribution in [-0.2, 0) is 14.3 Å². The maximum atomic E-state index is 11.0. The lowest BCUT2D eigenvalue weighted by Crippen LogP contribution is -2.12. The Morgan fingerprint density at radius 2 is 1.67 bits per heavy atom. The van der Waals surface area contributed by atoms with Crippen molar-refractivity contribution in [3.8, 4) is 0 Å². The van der Waals surface area contributed by atoms with E-state index in [4.69, 9.17) is 9.84 Å². The number of hydrogen-bond acceptors (Lipinski definition) is 3. The first-order chi connectivity index (χ1) is 8.61. The van der Waals surface area contributed by atoms with Gasteiger partial charge in [-0.05, 0) is 26.2 Å². The highest BCUT2D eigenvalue weighted by Crippen LogP contribution is 2.15. The van der Waals surface area contributed by atoms with E-state index in [1.807, 2.05) is 13.8 Å². The third-order valence-corrected chi connectivity index (χ3v) is 3.08. The van der Waals surface area contributed by atoms with Gasteiger partial charge in [-0.3, -0.25) is 9.59 Å². The number of aliphatic carboxylic acids is 1. The molecule has 0 aliphatic rings. The molecule has 0 heterocycles. The molecule has 0 bridgehead atoms. The van der Waals surface area contributed by atoms with Gasteiger partial charge in [0.25, 0.3) is 0 Å². The van der Waals surface area contributed by atoms with Crippen LogP contribution < -0.4 is 0 Å². The Labute approximate surface area is 110 Å². The van der Waals surface area contributed by atoms with Gasteiger partial charge in [0.15, 0.2) is 0 Å². The minimum atomic E-state index is -0.681. The fraction of sp³-hybridized carbons (Fsp3) is 0.857. The molecule has 0 radical (unpaired) electrons. The molecule has 0 spiro atoms. The van der Waals surface area contributed by atoms with E-state index in [-0.39, 0.29) is 11.9 Å². The maximum Gasteiger partial charge on any atom is 0.306 e. The zero-order valence-corrected chi connectivity index (χ0v) is 11.6. The van der Waals surface area contributed by atoms with Crippen LogP contribution in [0.15, 0.2) is 0 Å². The monoisotopic (exact) mass is 258 g/mol. The molecule has 0 aromatic heterocycles. The molecule has 18 heavy (non-hydrogen) atoms. The first-order valence-corrected chi connectivity index (χ1v) is 7.00. The summed E-state index contributed by atoms with van der Waals surface area (Å²) in [7, 11) is 0. The van der Waals surface area contributed by atoms with E-state index in [1.54, 1.807) is 0 Å². The number of hydrogen-bond donors (Lipinski definition) is 1. The topological polar surface area (TPSA) is 63.6 Å². The van der Waals surface area contributed by atoms with E-state index < -0.39 is 5.97 Å². The summed E-state index contributed by atoms with van der Waals surface area (Å²) in [5.41, 5.74) is 0. The molecule has 0 rings (SSSR count). The molecule has 0 aromatic carbocycles. The van der Waals surface area contributed by atoms with Gasteiger partial charge in [0.05, 0.1) is 12.5 Å². The number of carboxylic acids is 1. The molecule has 1 atom stereocenters. The van der Waals surface area contributed by atoms with Gasteiger partial charge in [0.1, 0.15) is 0 Å². The van der Waals surface area contributed by atoms with E-state index in [1.165, 1.54) is 0 Å². The van der Waals surface area contributed by atoms with Gasteiger partial charge in [-0.2, -0.15) is 0 Å². The lowest BCUT2D eigenvalue weighted by Gasteiger charge is -2.08. The summed E-state index contributed by atoms with van der Waals surface area (Å²) in [5.74, 6) is -0.987. The molecular weight excluding hydrogens is 232 g/mol. The zero-order valence-electron chi connectivity index (χ0n) is 11.6. The van der Waals surface area contributed by atoms with Crippen molar-refractivity contribution in [1.82, 2.24) is 0 Å². The minimum Gasteiger partial charge on any atom is -0.481 e. The largest absolute Gasteiger partial charge is 0.481 e. The summed E-state index contributed by atoms with van der Waals surface area (Å²) in [6.45, 7) is 4.18. The van der Waals surface area contributed by atoms with Gasteiger partial charge >= 0.3 is 11.9 Å². The lowest BCUT2D eigenvalue weighted by atomic mass is 9.98. The number of rotatable bonds is 11. The van der Waals surface area contributed by atoms with Crippen molar-refractivity contribution in [3.05, 3.63) is 0 Å². The lowest BCUT2D eigenvalue weighted by molar-refractivity contribution is -0.143. The van der Waals surface area contributed by atoms with Crippen molar-refractivity contribution in [2.45, 2.75) is 65.2 Å². The Morgan fingerprint density at radius 1 is 1.06 bits per heavy atom. The Balaban J connectivity index is 3.35. The molecule has 0 aromatic rings. The first-order valence-electron chi connectivity index (χ1n) is 7.00. The molecule has 1 N–H and O–H groups in total. The van der Waals surface area contributed by atoms with Crippen LogP contribution in [-0.4, -0.2) is 23.7 Å². The van der Waals surface area contributed by atoms with Gasteiger partial charge in [0.2, 0.25) is 0 Å². The molecule has 4 heteroatoms. The third kappa shape index (κ3) is 9.02. The molecule has 0 saturated heterocycles. The Kier molecular flexibility index (Phi) is 10.4. The predicted octanol–water partition coefficient (Wildman–Crippen LogP) is 3.39. The van der Waals surface area contributed by atoms with Crippen LogP contribution >= 0.6 is 0 Å². The van der Waals surface area contributed by atoms with Crippen LogP contribution in [0.4, 0.5) is 0 Å². The van der Waals surface area contributed by atoms with Crippen molar-refractivity contribution in [2.24, 2.45) is 5.92 Å². The molecule has 0 aliphatic heterocycles. The summed E-state index contributed by atoms with van der Waals surface area (Å²) >= 11 is 0. The van der Waals surface area contributed by atoms with E-state index in [0.717, 1.165) is 38.5 Å². The van der Waals surface area contributed by atoms with Crippen LogP contribution in [0.2, 0.25) is 0 Å². The van der Waals surface area contributed by atoms with Crippen LogP contribution in [0, 0.1) is 5.92 Å². The van der Waals surface area contributed by atoms with E-state index >= 15 is 0 Å². The van der Waals surface area contributed by atoms with E-state index in [0.29, 0.717) is 19.4 Å². The van der Waals surface area contributed by atoms with Crippen LogP contribution in [0.3, 0.4) is 0 Å². The molecule has 106 valence electrons. The molecule has 4 nitrogen and oxygen atoms in total. The van der Waals surface area contributed by atoms with Crippen molar-refractivity contribution >= 4 is 11.9 Å². The highest BCUT2D eigenvalue weighted by atomic mass is 16.5. The highest BCUT2D eigenvalue weighted by Gasteiger charge is 2.13. The number of carbonyl (C=O) groups excluding carboxylic acids is 1. The van der Waals surface area contributed by atoms with Crippen molar-refractivity contribution in [3.63, 3.8) is 0 Å². The van der Waals surface area contributed by atoms with Crippen LogP contribution in [0.5, 0.6) is 0 Å². The average Bonchev–Trinajstić information content (AvgIpc) is 2.32. The summed E-state index contributed by atoms with van der Waals surface area (Å²) in [4.78, 5) is 21.8. The van der Waals surface area contributed by atoms with Gasteiger partial charge in [-0.15, -0.1) is 0 Å². The smallest absolute Gasteiger partial charge is 0.306 e. The summed E-state index contributed by atoms with van der Waals surface area (Å²) in [6.07, 6.45) is 6.94. The van der Waals surface area contributed by atoms with Crippen molar-refractivity contribution in [2.75, 3.05) is 6.61 Å². The Bertz CT molecular complexity index is 238. The number of carboxylic acid groups (broad SMARTS) is 1. The zero-order chi connectivity index (χ0) is 13.8. The van der Waals surface area contributed by atoms with Crippen molar-refractivity contribution < 1.29 is 19.4 Å². The van der Waals surface area contributed by atoms with E-state index in [9.17, 15) is 9.59 Å².